The van der Waals surface area contributed by atoms with Crippen LogP contribution in [0.2, 0.25) is 0 Å². The molecule has 0 radical (unpaired) electrons. The summed E-state index contributed by atoms with van der Waals surface area (Å²) in [6, 6.07) is 16.9. The van der Waals surface area contributed by atoms with E-state index in [4.69, 9.17) is 10.5 Å². The maximum Gasteiger partial charge on any atom is 0.410 e. The van der Waals surface area contributed by atoms with Crippen molar-refractivity contribution in [3.8, 4) is 11.1 Å². The van der Waals surface area contributed by atoms with Gasteiger partial charge in [0.25, 0.3) is 0 Å². The largest absolute Gasteiger partial charge is 0.448 e. The molecule has 4 rings (SSSR count). The molecule has 1 unspecified atom stereocenters. The van der Waals surface area contributed by atoms with E-state index in [0.717, 1.165) is 25.8 Å². The second kappa shape index (κ2) is 8.11. The van der Waals surface area contributed by atoms with Crippen LogP contribution in [0.4, 0.5) is 4.79 Å². The number of rotatable bonds is 3. The summed E-state index contributed by atoms with van der Waals surface area (Å²) in [5.74, 6) is 0.109. The summed E-state index contributed by atoms with van der Waals surface area (Å²) in [6.07, 6.45) is 2.91. The molecule has 0 bridgehead atoms. The predicted octanol–water partition coefficient (Wildman–Crippen LogP) is 4.17. The maximum atomic E-state index is 12.6. The lowest BCUT2D eigenvalue weighted by Crippen LogP contribution is -2.47. The van der Waals surface area contributed by atoms with Gasteiger partial charge in [-0.25, -0.2) is 4.79 Å². The van der Waals surface area contributed by atoms with Crippen LogP contribution in [0, 0.1) is 0 Å². The summed E-state index contributed by atoms with van der Waals surface area (Å²) in [5, 5.41) is 0. The first-order valence-corrected chi connectivity index (χ1v) is 9.11. The second-order valence-corrected chi connectivity index (χ2v) is 6.88. The average Bonchev–Trinajstić information content (AvgIpc) is 3.00. The molecule has 2 aliphatic rings. The van der Waals surface area contributed by atoms with Crippen LogP contribution in [-0.4, -0.2) is 36.7 Å². The van der Waals surface area contributed by atoms with E-state index >= 15 is 0 Å². The Bertz CT molecular complexity index is 735. The van der Waals surface area contributed by atoms with Crippen LogP contribution in [0.1, 0.15) is 36.3 Å². The summed E-state index contributed by atoms with van der Waals surface area (Å²) in [5.41, 5.74) is 10.8. The minimum Gasteiger partial charge on any atom is -0.448 e. The minimum atomic E-state index is -0.225. The van der Waals surface area contributed by atoms with E-state index < -0.39 is 0 Å². The number of fused-ring (bicyclic) bond motifs is 3. The Labute approximate surface area is 160 Å². The molecule has 2 aromatic rings. The Morgan fingerprint density at radius 1 is 1.04 bits per heavy atom. The van der Waals surface area contributed by atoms with Crippen molar-refractivity contribution in [2.24, 2.45) is 5.73 Å². The number of hydrogen-bond acceptors (Lipinski definition) is 3. The third kappa shape index (κ3) is 3.31. The molecule has 2 N–H and O–H groups in total. The van der Waals surface area contributed by atoms with E-state index in [0.29, 0.717) is 13.2 Å². The van der Waals surface area contributed by atoms with Gasteiger partial charge < -0.3 is 15.4 Å². The zero-order valence-electron chi connectivity index (χ0n) is 14.8. The number of piperidine rings is 1. The highest BCUT2D eigenvalue weighted by Gasteiger charge is 2.31. The number of likely N-dealkylation sites (tertiary alicyclic amines) is 1. The number of carbonyl (C=O) groups excluding carboxylic acids is 1. The molecule has 26 heavy (non-hydrogen) atoms. The van der Waals surface area contributed by atoms with Gasteiger partial charge >= 0.3 is 6.09 Å². The van der Waals surface area contributed by atoms with E-state index in [-0.39, 0.29) is 30.5 Å². The van der Waals surface area contributed by atoms with Crippen molar-refractivity contribution in [2.75, 3.05) is 19.7 Å². The van der Waals surface area contributed by atoms with Gasteiger partial charge in [-0.05, 0) is 41.5 Å². The normalized spacial score (nSPS) is 18.7. The van der Waals surface area contributed by atoms with Crippen LogP contribution in [0.5, 0.6) is 0 Å². The summed E-state index contributed by atoms with van der Waals surface area (Å²) in [7, 11) is 0. The number of halogens is 1. The molecule has 1 atom stereocenters. The third-order valence-corrected chi connectivity index (χ3v) is 5.47. The molecule has 0 saturated carbocycles. The highest BCUT2D eigenvalue weighted by Crippen LogP contribution is 2.44. The first-order chi connectivity index (χ1) is 12.3. The van der Waals surface area contributed by atoms with Crippen molar-refractivity contribution in [3.63, 3.8) is 0 Å². The monoisotopic (exact) mass is 372 g/mol. The molecule has 1 fully saturated rings. The van der Waals surface area contributed by atoms with Gasteiger partial charge in [0.1, 0.15) is 6.61 Å². The SMILES string of the molecule is Cl.NCC1CCCCN1C(=O)OCC1c2ccccc2-c2ccccc21. The third-order valence-electron chi connectivity index (χ3n) is 5.47. The number of benzene rings is 2. The molecule has 1 aliphatic heterocycles. The Kier molecular flexibility index (Phi) is 5.84. The Morgan fingerprint density at radius 3 is 2.27 bits per heavy atom. The van der Waals surface area contributed by atoms with Crippen LogP contribution in [-0.2, 0) is 4.74 Å². The van der Waals surface area contributed by atoms with Gasteiger partial charge in [0.05, 0.1) is 0 Å². The molecular formula is C21H25ClN2O2. The molecular weight excluding hydrogens is 348 g/mol. The lowest BCUT2D eigenvalue weighted by Gasteiger charge is -2.34. The highest BCUT2D eigenvalue weighted by atomic mass is 35.5. The lowest BCUT2D eigenvalue weighted by molar-refractivity contribution is 0.0731. The van der Waals surface area contributed by atoms with E-state index in [2.05, 4.69) is 48.5 Å². The van der Waals surface area contributed by atoms with E-state index in [1.54, 1.807) is 0 Å². The molecule has 0 aromatic heterocycles. The van der Waals surface area contributed by atoms with Gasteiger partial charge in [-0.15, -0.1) is 12.4 Å². The Morgan fingerprint density at radius 2 is 1.65 bits per heavy atom. The van der Waals surface area contributed by atoms with Crippen molar-refractivity contribution >= 4 is 18.5 Å². The minimum absolute atomic E-state index is 0. The van der Waals surface area contributed by atoms with E-state index in [9.17, 15) is 4.79 Å². The fourth-order valence-corrected chi connectivity index (χ4v) is 4.16. The van der Waals surface area contributed by atoms with E-state index in [1.165, 1.54) is 22.3 Å². The van der Waals surface area contributed by atoms with Crippen molar-refractivity contribution in [3.05, 3.63) is 59.7 Å². The molecule has 4 nitrogen and oxygen atoms in total. The molecule has 1 heterocycles. The smallest absolute Gasteiger partial charge is 0.410 e. The molecule has 2 aromatic carbocycles. The van der Waals surface area contributed by atoms with Crippen molar-refractivity contribution in [1.82, 2.24) is 4.90 Å². The van der Waals surface area contributed by atoms with Gasteiger partial charge in [-0.3, -0.25) is 0 Å². The van der Waals surface area contributed by atoms with Crippen molar-refractivity contribution in [1.29, 1.82) is 0 Å². The van der Waals surface area contributed by atoms with E-state index in [1.807, 2.05) is 4.90 Å². The average molecular weight is 373 g/mol. The molecule has 5 heteroatoms. The molecule has 1 saturated heterocycles. The molecule has 1 aliphatic carbocycles. The topological polar surface area (TPSA) is 55.6 Å². The van der Waals surface area contributed by atoms with Gasteiger partial charge in [0.15, 0.2) is 0 Å². The van der Waals surface area contributed by atoms with Gasteiger partial charge in [0, 0.05) is 25.0 Å². The fourth-order valence-electron chi connectivity index (χ4n) is 4.16. The van der Waals surface area contributed by atoms with Crippen molar-refractivity contribution < 1.29 is 9.53 Å². The number of carbonyl (C=O) groups is 1. The number of ether oxygens (including phenoxy) is 1. The quantitative estimate of drug-likeness (QED) is 0.879. The predicted molar refractivity (Wildman–Crippen MR) is 106 cm³/mol. The van der Waals surface area contributed by atoms with Crippen LogP contribution < -0.4 is 5.73 Å². The Balaban J connectivity index is 0.00000196. The van der Waals surface area contributed by atoms with Crippen LogP contribution >= 0.6 is 12.4 Å². The fraction of sp³-hybridized carbons (Fsp3) is 0.381. The summed E-state index contributed by atoms with van der Waals surface area (Å²) in [4.78, 5) is 14.4. The summed E-state index contributed by atoms with van der Waals surface area (Å²) in [6.45, 7) is 1.63. The van der Waals surface area contributed by atoms with Gasteiger partial charge in [0.2, 0.25) is 0 Å². The number of hydrogen-bond donors (Lipinski definition) is 1. The first kappa shape index (κ1) is 18.7. The van der Waals surface area contributed by atoms with Gasteiger partial charge in [-0.1, -0.05) is 48.5 Å². The molecule has 1 amide bonds. The standard InChI is InChI=1S/C21H24N2O2.ClH/c22-13-15-7-5-6-12-23(15)21(24)25-14-20-18-10-3-1-8-16(18)17-9-2-4-11-19(17)20;/h1-4,8-11,15,20H,5-7,12-14,22H2;1H. The van der Waals surface area contributed by atoms with Crippen LogP contribution in [0.25, 0.3) is 11.1 Å². The van der Waals surface area contributed by atoms with Crippen molar-refractivity contribution in [2.45, 2.75) is 31.2 Å². The zero-order valence-corrected chi connectivity index (χ0v) is 15.6. The number of nitrogens with two attached hydrogens (primary N) is 1. The van der Waals surface area contributed by atoms with Gasteiger partial charge in [-0.2, -0.15) is 0 Å². The number of nitrogens with zero attached hydrogens (tertiary/aromatic N) is 1. The zero-order chi connectivity index (χ0) is 17.2. The lowest BCUT2D eigenvalue weighted by atomic mass is 9.98. The first-order valence-electron chi connectivity index (χ1n) is 9.11. The maximum absolute atomic E-state index is 12.6. The van der Waals surface area contributed by atoms with Crippen LogP contribution in [0.3, 0.4) is 0 Å². The molecule has 0 spiro atoms. The summed E-state index contributed by atoms with van der Waals surface area (Å²) < 4.78 is 5.74. The number of amides is 1. The highest BCUT2D eigenvalue weighted by molar-refractivity contribution is 5.85. The molecule has 138 valence electrons. The van der Waals surface area contributed by atoms with Crippen LogP contribution in [0.15, 0.2) is 48.5 Å². The second-order valence-electron chi connectivity index (χ2n) is 6.88. The Hall–Kier alpha value is -2.04. The summed E-state index contributed by atoms with van der Waals surface area (Å²) >= 11 is 0.